The van der Waals surface area contributed by atoms with Crippen LogP contribution in [-0.2, 0) is 11.3 Å². The molecule has 3 N–H and O–H groups in total. The summed E-state index contributed by atoms with van der Waals surface area (Å²) in [5, 5.41) is 15.9. The predicted octanol–water partition coefficient (Wildman–Crippen LogP) is 6.00. The lowest BCUT2D eigenvalue weighted by molar-refractivity contribution is -0.0177. The Bertz CT molecular complexity index is 1590. The number of fused-ring (bicyclic) bond motifs is 2. The first-order valence-corrected chi connectivity index (χ1v) is 17.3. The van der Waals surface area contributed by atoms with E-state index < -0.39 is 12.1 Å². The third kappa shape index (κ3) is 9.80. The molecular weight excluding hydrogens is 640 g/mol. The molecule has 0 fully saturated rings. The molecule has 0 saturated heterocycles. The highest BCUT2D eigenvalue weighted by Crippen LogP contribution is 2.33. The molecule has 3 aromatic rings. The first-order chi connectivity index (χ1) is 24.1. The van der Waals surface area contributed by atoms with E-state index in [4.69, 9.17) is 23.7 Å². The monoisotopic (exact) mass is 690 g/mol. The topological polar surface area (TPSA) is 131 Å². The average molecular weight is 691 g/mol. The molecule has 0 unspecified atom stereocenters. The molecule has 5 rings (SSSR count). The van der Waals surface area contributed by atoms with Crippen LogP contribution in [0.5, 0.6) is 23.0 Å². The molecular formula is C38H50N4O8. The smallest absolute Gasteiger partial charge is 0.323 e. The normalized spacial score (nSPS) is 20.3. The summed E-state index contributed by atoms with van der Waals surface area (Å²) >= 11 is 0. The summed E-state index contributed by atoms with van der Waals surface area (Å²) in [5.74, 6) is 2.24. The number of urea groups is 1. The Hall–Kier alpha value is -4.52. The summed E-state index contributed by atoms with van der Waals surface area (Å²) in [6.45, 7) is 8.15. The number of methoxy groups -OCH3 is 1. The van der Waals surface area contributed by atoms with Crippen LogP contribution in [0.25, 0.3) is 0 Å². The fraction of sp³-hybridized carbons (Fsp3) is 0.474. The van der Waals surface area contributed by atoms with Gasteiger partial charge in [0.25, 0.3) is 5.91 Å². The molecule has 3 aromatic carbocycles. The molecule has 0 spiro atoms. The Labute approximate surface area is 294 Å². The summed E-state index contributed by atoms with van der Waals surface area (Å²) in [6, 6.07) is 17.1. The number of aliphatic hydroxyl groups is 1. The maximum Gasteiger partial charge on any atom is 0.323 e. The maximum absolute atomic E-state index is 14.4. The van der Waals surface area contributed by atoms with Crippen molar-refractivity contribution in [1.29, 1.82) is 0 Å². The number of nitrogens with one attached hydrogen (secondary N) is 2. The van der Waals surface area contributed by atoms with Gasteiger partial charge in [0.2, 0.25) is 6.79 Å². The lowest BCUT2D eigenvalue weighted by Gasteiger charge is -2.36. The molecule has 3 amide bonds. The number of aliphatic hydroxyl groups excluding tert-OH is 1. The summed E-state index contributed by atoms with van der Waals surface area (Å²) in [5.41, 5.74) is 2.42. The van der Waals surface area contributed by atoms with E-state index in [1.807, 2.05) is 32.0 Å². The van der Waals surface area contributed by atoms with Crippen molar-refractivity contribution >= 4 is 23.3 Å². The number of hydrogen-bond acceptors (Lipinski definition) is 9. The molecule has 2 aliphatic heterocycles. The molecule has 2 aliphatic rings. The highest BCUT2D eigenvalue weighted by atomic mass is 16.7. The van der Waals surface area contributed by atoms with Crippen molar-refractivity contribution in [1.82, 2.24) is 9.80 Å². The number of amides is 3. The predicted molar refractivity (Wildman–Crippen MR) is 191 cm³/mol. The highest BCUT2D eigenvalue weighted by Gasteiger charge is 2.30. The van der Waals surface area contributed by atoms with Gasteiger partial charge in [-0.2, -0.15) is 0 Å². The van der Waals surface area contributed by atoms with Gasteiger partial charge in [-0.3, -0.25) is 9.69 Å². The van der Waals surface area contributed by atoms with E-state index in [-0.39, 0.29) is 37.4 Å². The van der Waals surface area contributed by atoms with Crippen LogP contribution in [-0.4, -0.2) is 92.3 Å². The minimum atomic E-state index is -0.481. The molecule has 0 bridgehead atoms. The first kappa shape index (κ1) is 36.8. The fourth-order valence-corrected chi connectivity index (χ4v) is 6.15. The van der Waals surface area contributed by atoms with Gasteiger partial charge in [-0.25, -0.2) is 4.79 Å². The molecule has 0 radical (unpaired) electrons. The Morgan fingerprint density at radius 1 is 1.00 bits per heavy atom. The van der Waals surface area contributed by atoms with Gasteiger partial charge in [-0.1, -0.05) is 13.0 Å². The van der Waals surface area contributed by atoms with E-state index in [0.29, 0.717) is 54.7 Å². The molecule has 0 aliphatic carbocycles. The van der Waals surface area contributed by atoms with Crippen LogP contribution in [0.1, 0.15) is 56.0 Å². The number of rotatable bonds is 9. The van der Waals surface area contributed by atoms with E-state index in [9.17, 15) is 14.7 Å². The minimum absolute atomic E-state index is 0.0741. The van der Waals surface area contributed by atoms with Crippen molar-refractivity contribution in [3.05, 3.63) is 71.8 Å². The van der Waals surface area contributed by atoms with Gasteiger partial charge in [0.05, 0.1) is 37.5 Å². The van der Waals surface area contributed by atoms with Crippen LogP contribution in [0.4, 0.5) is 16.2 Å². The number of anilines is 2. The Morgan fingerprint density at radius 3 is 2.48 bits per heavy atom. The van der Waals surface area contributed by atoms with Gasteiger partial charge in [0.1, 0.15) is 11.5 Å². The molecule has 2 heterocycles. The summed E-state index contributed by atoms with van der Waals surface area (Å²) < 4.78 is 29.1. The molecule has 4 atom stereocenters. The number of carbonyl (C=O) groups excluding carboxylic acids is 2. The van der Waals surface area contributed by atoms with E-state index in [1.54, 1.807) is 54.5 Å². The van der Waals surface area contributed by atoms with Crippen molar-refractivity contribution in [2.45, 2.75) is 64.8 Å². The summed E-state index contributed by atoms with van der Waals surface area (Å²) in [7, 11) is 3.63. The maximum atomic E-state index is 14.4. The second-order valence-electron chi connectivity index (χ2n) is 13.2. The number of carbonyl (C=O) groups is 2. The fourth-order valence-electron chi connectivity index (χ4n) is 6.15. The minimum Gasteiger partial charge on any atom is -0.497 e. The first-order valence-electron chi connectivity index (χ1n) is 17.3. The lowest BCUT2D eigenvalue weighted by Crippen LogP contribution is -2.47. The van der Waals surface area contributed by atoms with E-state index in [2.05, 4.69) is 29.5 Å². The standard InChI is InChI=1S/C38H50N4O8/c1-25-20-42(26(2)23-43)37(44)32-19-30(40-38(45)39-29-10-13-31(46-5)14-11-29)12-16-33(32)50-27(3)8-6-7-17-47-36(25)22-41(4)21-28-9-15-34-35(18-28)49-24-48-34/h9-16,18-19,25-27,36,43H,6-8,17,20-24H2,1-5H3,(H2,39,40,45)/t25-,26-,27+,36+/m1/s1. The summed E-state index contributed by atoms with van der Waals surface area (Å²) in [4.78, 5) is 31.2. The van der Waals surface area contributed by atoms with Crippen LogP contribution < -0.4 is 29.6 Å². The molecule has 50 heavy (non-hydrogen) atoms. The molecule has 0 saturated carbocycles. The largest absolute Gasteiger partial charge is 0.497 e. The van der Waals surface area contributed by atoms with Crippen molar-refractivity contribution in [3.8, 4) is 23.0 Å². The average Bonchev–Trinajstić information content (AvgIpc) is 3.58. The van der Waals surface area contributed by atoms with Crippen molar-refractivity contribution in [2.75, 3.05) is 57.9 Å². The number of benzene rings is 3. The van der Waals surface area contributed by atoms with Gasteiger partial charge in [0.15, 0.2) is 11.5 Å². The van der Waals surface area contributed by atoms with Gasteiger partial charge < -0.3 is 44.3 Å². The number of likely N-dealkylation sites (N-methyl/N-ethyl adjacent to an activating group) is 1. The zero-order valence-corrected chi connectivity index (χ0v) is 29.6. The van der Waals surface area contributed by atoms with Gasteiger partial charge in [-0.15, -0.1) is 0 Å². The molecule has 270 valence electrons. The Kier molecular flexibility index (Phi) is 12.8. The second kappa shape index (κ2) is 17.4. The van der Waals surface area contributed by atoms with Crippen LogP contribution in [0.15, 0.2) is 60.7 Å². The third-order valence-corrected chi connectivity index (χ3v) is 9.04. The number of hydrogen-bond donors (Lipinski definition) is 3. The zero-order chi connectivity index (χ0) is 35.6. The molecule has 0 aromatic heterocycles. The van der Waals surface area contributed by atoms with Crippen LogP contribution in [0.3, 0.4) is 0 Å². The van der Waals surface area contributed by atoms with Gasteiger partial charge in [0, 0.05) is 43.5 Å². The second-order valence-corrected chi connectivity index (χ2v) is 13.2. The highest BCUT2D eigenvalue weighted by molar-refractivity contribution is 6.02. The Morgan fingerprint density at radius 2 is 1.72 bits per heavy atom. The van der Waals surface area contributed by atoms with Gasteiger partial charge >= 0.3 is 6.03 Å². The SMILES string of the molecule is COc1ccc(NC(=O)Nc2ccc3c(c2)C(=O)N([C@H](C)CO)C[C@@H](C)[C@H](CN(C)Cc2ccc4c(c2)OCO4)OCCCC[C@H](C)O3)cc1. The quantitative estimate of drug-likeness (QED) is 0.248. The van der Waals surface area contributed by atoms with Crippen molar-refractivity contribution in [2.24, 2.45) is 5.92 Å². The van der Waals surface area contributed by atoms with Crippen LogP contribution in [0.2, 0.25) is 0 Å². The van der Waals surface area contributed by atoms with E-state index in [0.717, 1.165) is 36.3 Å². The van der Waals surface area contributed by atoms with Gasteiger partial charge in [-0.05, 0) is 100 Å². The summed E-state index contributed by atoms with van der Waals surface area (Å²) in [6.07, 6.45) is 2.21. The molecule has 12 nitrogen and oxygen atoms in total. The number of ether oxygens (including phenoxy) is 5. The van der Waals surface area contributed by atoms with Crippen LogP contribution in [0, 0.1) is 5.92 Å². The molecule has 12 heteroatoms. The lowest BCUT2D eigenvalue weighted by atomic mass is 10.0. The van der Waals surface area contributed by atoms with Crippen molar-refractivity contribution < 1.29 is 38.4 Å². The van der Waals surface area contributed by atoms with Crippen LogP contribution >= 0.6 is 0 Å². The van der Waals surface area contributed by atoms with E-state index in [1.165, 1.54) is 0 Å². The van der Waals surface area contributed by atoms with Crippen molar-refractivity contribution in [3.63, 3.8) is 0 Å². The Balaban J connectivity index is 1.35. The zero-order valence-electron chi connectivity index (χ0n) is 29.6. The number of nitrogens with zero attached hydrogens (tertiary/aromatic N) is 2. The third-order valence-electron chi connectivity index (χ3n) is 9.04. The van der Waals surface area contributed by atoms with E-state index >= 15 is 0 Å².